The number of nitrogens with one attached hydrogen (secondary N) is 1. The van der Waals surface area contributed by atoms with E-state index in [4.69, 9.17) is 4.42 Å². The second-order valence-corrected chi connectivity index (χ2v) is 6.20. The number of thioether (sulfide) groups is 1. The van der Waals surface area contributed by atoms with E-state index < -0.39 is 4.92 Å². The third-order valence-electron chi connectivity index (χ3n) is 3.59. The lowest BCUT2D eigenvalue weighted by Gasteiger charge is -2.22. The lowest BCUT2D eigenvalue weighted by atomic mass is 10.1. The summed E-state index contributed by atoms with van der Waals surface area (Å²) >= 11 is 1.27. The molecule has 7 nitrogen and oxygen atoms in total. The Morgan fingerprint density at radius 3 is 2.71 bits per heavy atom. The van der Waals surface area contributed by atoms with Crippen molar-refractivity contribution in [3.05, 3.63) is 58.0 Å². The van der Waals surface area contributed by atoms with Gasteiger partial charge in [-0.25, -0.2) is 0 Å². The van der Waals surface area contributed by atoms with Gasteiger partial charge >= 0.3 is 0 Å². The Balaban J connectivity index is 2.12. The molecule has 0 saturated heterocycles. The highest BCUT2D eigenvalue weighted by molar-refractivity contribution is 7.98. The number of benzene rings is 1. The van der Waals surface area contributed by atoms with Crippen molar-refractivity contribution in [3.8, 4) is 0 Å². The largest absolute Gasteiger partial charge is 0.468 e. The molecule has 2 aromatic rings. The van der Waals surface area contributed by atoms with Gasteiger partial charge in [-0.1, -0.05) is 0 Å². The Morgan fingerprint density at radius 2 is 2.17 bits per heavy atom. The summed E-state index contributed by atoms with van der Waals surface area (Å²) in [5.41, 5.74) is 0.196. The van der Waals surface area contributed by atoms with Gasteiger partial charge < -0.3 is 9.73 Å². The summed E-state index contributed by atoms with van der Waals surface area (Å²) in [6, 6.07) is 8.00. The maximum Gasteiger partial charge on any atom is 0.283 e. The van der Waals surface area contributed by atoms with Crippen LogP contribution < -0.4 is 5.32 Å². The van der Waals surface area contributed by atoms with Crippen molar-refractivity contribution >= 4 is 23.4 Å². The van der Waals surface area contributed by atoms with Crippen LogP contribution in [-0.2, 0) is 0 Å². The van der Waals surface area contributed by atoms with Crippen LogP contribution in [0.4, 0.5) is 5.69 Å². The first-order valence-electron chi connectivity index (χ1n) is 7.24. The van der Waals surface area contributed by atoms with Gasteiger partial charge in [-0.05, 0) is 44.6 Å². The number of nitro groups is 1. The van der Waals surface area contributed by atoms with E-state index in [0.29, 0.717) is 11.4 Å². The summed E-state index contributed by atoms with van der Waals surface area (Å²) in [5, 5.41) is 13.9. The number of likely N-dealkylation sites (N-methyl/N-ethyl adjacent to an activating group) is 1. The fourth-order valence-electron chi connectivity index (χ4n) is 2.28. The molecule has 0 radical (unpaired) electrons. The number of carbonyl (C=O) groups excluding carboxylic acids is 1. The molecule has 0 aliphatic heterocycles. The van der Waals surface area contributed by atoms with Gasteiger partial charge in [-0.15, -0.1) is 11.8 Å². The van der Waals surface area contributed by atoms with E-state index >= 15 is 0 Å². The van der Waals surface area contributed by atoms with E-state index in [1.165, 1.54) is 17.8 Å². The van der Waals surface area contributed by atoms with Crippen molar-refractivity contribution in [2.24, 2.45) is 0 Å². The van der Waals surface area contributed by atoms with Gasteiger partial charge in [0.15, 0.2) is 0 Å². The van der Waals surface area contributed by atoms with Gasteiger partial charge in [0.2, 0.25) is 0 Å². The van der Waals surface area contributed by atoms with Crippen molar-refractivity contribution in [2.75, 3.05) is 26.9 Å². The Bertz CT molecular complexity index is 716. The molecule has 0 bridgehead atoms. The van der Waals surface area contributed by atoms with Crippen LogP contribution in [0, 0.1) is 10.1 Å². The number of amides is 1. The summed E-state index contributed by atoms with van der Waals surface area (Å²) < 4.78 is 5.39. The van der Waals surface area contributed by atoms with Crippen LogP contribution in [0.5, 0.6) is 0 Å². The van der Waals surface area contributed by atoms with Crippen LogP contribution in [0.2, 0.25) is 0 Å². The summed E-state index contributed by atoms with van der Waals surface area (Å²) in [6.45, 7) is 0.331. The zero-order valence-electron chi connectivity index (χ0n) is 13.7. The SMILES string of the molecule is CSc1ccc(C(=O)NC[C@H](c2ccco2)N(C)C)cc1[N+](=O)[O-]. The normalized spacial score (nSPS) is 12.2. The molecule has 1 heterocycles. The highest BCUT2D eigenvalue weighted by atomic mass is 32.2. The van der Waals surface area contributed by atoms with Crippen LogP contribution in [0.25, 0.3) is 0 Å². The Hall–Kier alpha value is -2.32. The van der Waals surface area contributed by atoms with Gasteiger partial charge in [0.25, 0.3) is 11.6 Å². The molecular weight excluding hydrogens is 330 g/mol. The molecule has 1 aromatic carbocycles. The fourth-order valence-corrected chi connectivity index (χ4v) is 2.83. The van der Waals surface area contributed by atoms with Crippen molar-refractivity contribution in [1.82, 2.24) is 10.2 Å². The van der Waals surface area contributed by atoms with Crippen LogP contribution in [0.3, 0.4) is 0 Å². The lowest BCUT2D eigenvalue weighted by Crippen LogP contribution is -2.34. The number of hydrogen-bond donors (Lipinski definition) is 1. The highest BCUT2D eigenvalue weighted by Gasteiger charge is 2.20. The van der Waals surface area contributed by atoms with Gasteiger partial charge in [-0.2, -0.15) is 0 Å². The second-order valence-electron chi connectivity index (χ2n) is 5.35. The van der Waals surface area contributed by atoms with Gasteiger partial charge in [-0.3, -0.25) is 19.8 Å². The van der Waals surface area contributed by atoms with E-state index in [9.17, 15) is 14.9 Å². The summed E-state index contributed by atoms with van der Waals surface area (Å²) in [4.78, 5) is 25.4. The van der Waals surface area contributed by atoms with Gasteiger partial charge in [0, 0.05) is 18.2 Å². The molecule has 0 saturated carbocycles. The van der Waals surface area contributed by atoms with Crippen molar-refractivity contribution in [3.63, 3.8) is 0 Å². The van der Waals surface area contributed by atoms with E-state index in [1.54, 1.807) is 30.7 Å². The minimum absolute atomic E-state index is 0.0645. The average Bonchev–Trinajstić information content (AvgIpc) is 3.08. The third-order valence-corrected chi connectivity index (χ3v) is 4.37. The molecule has 8 heteroatoms. The smallest absolute Gasteiger partial charge is 0.283 e. The number of nitro benzene ring substituents is 1. The maximum absolute atomic E-state index is 12.3. The third kappa shape index (κ3) is 4.15. The molecule has 1 N–H and O–H groups in total. The van der Waals surface area contributed by atoms with E-state index in [-0.39, 0.29) is 23.2 Å². The minimum atomic E-state index is -0.478. The molecule has 0 unspecified atom stereocenters. The number of nitrogens with zero attached hydrogens (tertiary/aromatic N) is 2. The minimum Gasteiger partial charge on any atom is -0.468 e. The molecule has 128 valence electrons. The first-order valence-corrected chi connectivity index (χ1v) is 8.47. The highest BCUT2D eigenvalue weighted by Crippen LogP contribution is 2.28. The van der Waals surface area contributed by atoms with Crippen LogP contribution in [0.15, 0.2) is 45.9 Å². The van der Waals surface area contributed by atoms with Gasteiger partial charge in [0.05, 0.1) is 22.1 Å². The number of furan rings is 1. The second kappa shape index (κ2) is 7.98. The molecule has 0 fully saturated rings. The zero-order valence-corrected chi connectivity index (χ0v) is 14.5. The predicted octanol–water partition coefficient (Wildman–Crippen LogP) is 2.94. The zero-order chi connectivity index (χ0) is 17.7. The van der Waals surface area contributed by atoms with E-state index in [1.807, 2.05) is 25.1 Å². The molecule has 1 amide bonds. The standard InChI is InChI=1S/C16H19N3O4S/c1-18(2)13(14-5-4-8-23-14)10-17-16(20)11-6-7-15(24-3)12(9-11)19(21)22/h4-9,13H,10H2,1-3H3,(H,17,20)/t13-/m1/s1. The maximum atomic E-state index is 12.3. The first-order chi connectivity index (χ1) is 11.4. The molecule has 24 heavy (non-hydrogen) atoms. The molecule has 2 rings (SSSR count). The number of hydrogen-bond acceptors (Lipinski definition) is 6. The topological polar surface area (TPSA) is 88.6 Å². The number of rotatable bonds is 7. The number of carbonyl (C=O) groups is 1. The fraction of sp³-hybridized carbons (Fsp3) is 0.312. The van der Waals surface area contributed by atoms with Crippen molar-refractivity contribution < 1.29 is 14.1 Å². The molecule has 0 aliphatic rings. The quantitative estimate of drug-likeness (QED) is 0.470. The average molecular weight is 349 g/mol. The van der Waals surface area contributed by atoms with Crippen molar-refractivity contribution in [1.29, 1.82) is 0 Å². The summed E-state index contributed by atoms with van der Waals surface area (Å²) in [6.07, 6.45) is 3.34. The van der Waals surface area contributed by atoms with Crippen molar-refractivity contribution in [2.45, 2.75) is 10.9 Å². The Labute approximate surface area is 144 Å². The first kappa shape index (κ1) is 18.0. The van der Waals surface area contributed by atoms with E-state index in [0.717, 1.165) is 5.76 Å². The van der Waals surface area contributed by atoms with Crippen LogP contribution in [0.1, 0.15) is 22.2 Å². The predicted molar refractivity (Wildman–Crippen MR) is 92.3 cm³/mol. The molecular formula is C16H19N3O4S. The monoisotopic (exact) mass is 349 g/mol. The molecule has 1 aromatic heterocycles. The summed E-state index contributed by atoms with van der Waals surface area (Å²) in [7, 11) is 3.77. The summed E-state index contributed by atoms with van der Waals surface area (Å²) in [5.74, 6) is 0.383. The van der Waals surface area contributed by atoms with Crippen LogP contribution >= 0.6 is 11.8 Å². The molecule has 1 atom stereocenters. The van der Waals surface area contributed by atoms with Gasteiger partial charge in [0.1, 0.15) is 5.76 Å². The van der Waals surface area contributed by atoms with E-state index in [2.05, 4.69) is 5.32 Å². The van der Waals surface area contributed by atoms with Crippen LogP contribution in [-0.4, -0.2) is 42.6 Å². The molecule has 0 aliphatic carbocycles. The Kier molecular flexibility index (Phi) is 5.99. The lowest BCUT2D eigenvalue weighted by molar-refractivity contribution is -0.387. The Morgan fingerprint density at radius 1 is 1.42 bits per heavy atom. The molecule has 0 spiro atoms.